The highest BCUT2D eigenvalue weighted by Gasteiger charge is 2.10. The Bertz CT molecular complexity index is 845. The first-order valence-electron chi connectivity index (χ1n) is 6.97. The molecule has 2 heterocycles. The van der Waals surface area contributed by atoms with Crippen molar-refractivity contribution in [2.75, 3.05) is 5.73 Å². The lowest BCUT2D eigenvalue weighted by atomic mass is 10.1. The van der Waals surface area contributed by atoms with Crippen LogP contribution in [0.1, 0.15) is 25.5 Å². The number of nitrogens with two attached hydrogens (primary N) is 1. The van der Waals surface area contributed by atoms with Crippen molar-refractivity contribution in [1.29, 1.82) is 0 Å². The topological polar surface area (TPSA) is 65.8 Å². The molecule has 0 spiro atoms. The molecule has 2 aromatic heterocycles. The minimum atomic E-state index is -0.00842. The van der Waals surface area contributed by atoms with Crippen molar-refractivity contribution in [1.82, 2.24) is 14.1 Å². The molecule has 0 atom stereocenters. The molecule has 5 nitrogen and oxygen atoms in total. The number of anilines is 1. The standard InChI is InChI=1S/C16H18N4O/c1-11(2)20-9-8-19(16(20)21)10-12-5-6-14(17)13-4-3-7-18-15(12)13/h3-9,11H,10,17H2,1-2H3. The van der Waals surface area contributed by atoms with Crippen molar-refractivity contribution in [2.24, 2.45) is 0 Å². The molecule has 0 saturated heterocycles. The minimum absolute atomic E-state index is 0.00842. The van der Waals surface area contributed by atoms with Gasteiger partial charge >= 0.3 is 5.69 Å². The fourth-order valence-corrected chi connectivity index (χ4v) is 2.51. The Morgan fingerprint density at radius 2 is 2.05 bits per heavy atom. The van der Waals surface area contributed by atoms with E-state index in [0.29, 0.717) is 12.2 Å². The average molecular weight is 282 g/mol. The molecule has 0 radical (unpaired) electrons. The maximum atomic E-state index is 12.3. The van der Waals surface area contributed by atoms with E-state index in [1.165, 1.54) is 0 Å². The lowest BCUT2D eigenvalue weighted by molar-refractivity contribution is 0.561. The van der Waals surface area contributed by atoms with Gasteiger partial charge in [-0.2, -0.15) is 0 Å². The molecule has 3 rings (SSSR count). The maximum absolute atomic E-state index is 12.3. The van der Waals surface area contributed by atoms with Crippen LogP contribution in [-0.2, 0) is 6.54 Å². The number of imidazole rings is 1. The van der Waals surface area contributed by atoms with Gasteiger partial charge in [-0.15, -0.1) is 0 Å². The summed E-state index contributed by atoms with van der Waals surface area (Å²) in [6.45, 7) is 4.48. The predicted molar refractivity (Wildman–Crippen MR) is 84.3 cm³/mol. The molecule has 0 saturated carbocycles. The molecule has 0 aliphatic heterocycles. The van der Waals surface area contributed by atoms with Gasteiger partial charge in [-0.1, -0.05) is 6.07 Å². The zero-order valence-corrected chi connectivity index (χ0v) is 12.2. The molecule has 0 bridgehead atoms. The Balaban J connectivity index is 2.07. The molecule has 0 amide bonds. The highest BCUT2D eigenvalue weighted by atomic mass is 16.1. The summed E-state index contributed by atoms with van der Waals surface area (Å²) in [6, 6.07) is 7.76. The van der Waals surface area contributed by atoms with E-state index in [4.69, 9.17) is 5.73 Å². The van der Waals surface area contributed by atoms with Gasteiger partial charge in [0, 0.05) is 35.7 Å². The number of rotatable bonds is 3. The van der Waals surface area contributed by atoms with E-state index >= 15 is 0 Å². The maximum Gasteiger partial charge on any atom is 0.328 e. The normalized spacial score (nSPS) is 11.4. The largest absolute Gasteiger partial charge is 0.398 e. The highest BCUT2D eigenvalue weighted by molar-refractivity contribution is 5.92. The van der Waals surface area contributed by atoms with E-state index in [1.54, 1.807) is 15.3 Å². The summed E-state index contributed by atoms with van der Waals surface area (Å²) in [7, 11) is 0. The van der Waals surface area contributed by atoms with Crippen molar-refractivity contribution in [3.63, 3.8) is 0 Å². The van der Waals surface area contributed by atoms with Gasteiger partial charge in [0.1, 0.15) is 0 Å². The first-order chi connectivity index (χ1) is 10.1. The Labute approximate surface area is 122 Å². The molecule has 5 heteroatoms. The number of hydrogen-bond donors (Lipinski definition) is 1. The first-order valence-corrected chi connectivity index (χ1v) is 6.97. The van der Waals surface area contributed by atoms with Crippen molar-refractivity contribution in [3.05, 3.63) is 58.9 Å². The van der Waals surface area contributed by atoms with Crippen LogP contribution in [0.4, 0.5) is 5.69 Å². The van der Waals surface area contributed by atoms with Crippen LogP contribution in [0.2, 0.25) is 0 Å². The number of hydrogen-bond acceptors (Lipinski definition) is 3. The highest BCUT2D eigenvalue weighted by Crippen LogP contribution is 2.22. The molecule has 108 valence electrons. The third kappa shape index (κ3) is 2.31. The number of pyridine rings is 1. The minimum Gasteiger partial charge on any atom is -0.398 e. The van der Waals surface area contributed by atoms with Crippen LogP contribution in [-0.4, -0.2) is 14.1 Å². The van der Waals surface area contributed by atoms with E-state index in [9.17, 15) is 4.79 Å². The van der Waals surface area contributed by atoms with E-state index < -0.39 is 0 Å². The fraction of sp³-hybridized carbons (Fsp3) is 0.250. The van der Waals surface area contributed by atoms with Gasteiger partial charge in [-0.25, -0.2) is 4.79 Å². The van der Waals surface area contributed by atoms with Crippen LogP contribution in [0.15, 0.2) is 47.7 Å². The zero-order valence-electron chi connectivity index (χ0n) is 12.2. The SMILES string of the molecule is CC(C)n1ccn(Cc2ccc(N)c3cccnc23)c1=O. The Morgan fingerprint density at radius 1 is 1.24 bits per heavy atom. The van der Waals surface area contributed by atoms with Crippen molar-refractivity contribution in [3.8, 4) is 0 Å². The van der Waals surface area contributed by atoms with Crippen LogP contribution in [0.5, 0.6) is 0 Å². The summed E-state index contributed by atoms with van der Waals surface area (Å²) in [5, 5.41) is 0.923. The van der Waals surface area contributed by atoms with Crippen LogP contribution >= 0.6 is 0 Å². The molecule has 0 fully saturated rings. The molecule has 0 aliphatic rings. The Kier molecular flexibility index (Phi) is 3.25. The molecule has 0 aliphatic carbocycles. The number of nitrogen functional groups attached to an aromatic ring is 1. The smallest absolute Gasteiger partial charge is 0.328 e. The summed E-state index contributed by atoms with van der Waals surface area (Å²) in [4.78, 5) is 16.7. The quantitative estimate of drug-likeness (QED) is 0.750. The number of nitrogens with zero attached hydrogens (tertiary/aromatic N) is 3. The lowest BCUT2D eigenvalue weighted by Crippen LogP contribution is -2.25. The van der Waals surface area contributed by atoms with Crippen LogP contribution in [0.25, 0.3) is 10.9 Å². The number of benzene rings is 1. The van der Waals surface area contributed by atoms with Crippen LogP contribution < -0.4 is 11.4 Å². The van der Waals surface area contributed by atoms with E-state index in [1.807, 2.05) is 50.5 Å². The van der Waals surface area contributed by atoms with Gasteiger partial charge in [0.25, 0.3) is 0 Å². The van der Waals surface area contributed by atoms with Gasteiger partial charge in [0.05, 0.1) is 12.1 Å². The first kappa shape index (κ1) is 13.4. The molecule has 1 aromatic carbocycles. The fourth-order valence-electron chi connectivity index (χ4n) is 2.51. The van der Waals surface area contributed by atoms with Gasteiger partial charge < -0.3 is 5.73 Å². The molecular formula is C16H18N4O. The number of aromatic nitrogens is 3. The monoisotopic (exact) mass is 282 g/mol. The molecule has 3 aromatic rings. The van der Waals surface area contributed by atoms with E-state index in [2.05, 4.69) is 4.98 Å². The Morgan fingerprint density at radius 3 is 2.76 bits per heavy atom. The number of fused-ring (bicyclic) bond motifs is 1. The third-order valence-electron chi connectivity index (χ3n) is 3.66. The lowest BCUT2D eigenvalue weighted by Gasteiger charge is -2.09. The summed E-state index contributed by atoms with van der Waals surface area (Å²) in [5.74, 6) is 0. The summed E-state index contributed by atoms with van der Waals surface area (Å²) in [6.07, 6.45) is 5.38. The van der Waals surface area contributed by atoms with E-state index in [-0.39, 0.29) is 11.7 Å². The molecule has 21 heavy (non-hydrogen) atoms. The van der Waals surface area contributed by atoms with E-state index in [0.717, 1.165) is 16.5 Å². The molecule has 0 unspecified atom stereocenters. The molecule has 2 N–H and O–H groups in total. The zero-order chi connectivity index (χ0) is 15.0. The average Bonchev–Trinajstić information content (AvgIpc) is 2.84. The summed E-state index contributed by atoms with van der Waals surface area (Å²) in [5.41, 5.74) is 8.51. The summed E-state index contributed by atoms with van der Waals surface area (Å²) < 4.78 is 3.41. The van der Waals surface area contributed by atoms with Gasteiger partial charge in [0.15, 0.2) is 0 Å². The second-order valence-corrected chi connectivity index (χ2v) is 5.42. The third-order valence-corrected chi connectivity index (χ3v) is 3.66. The van der Waals surface area contributed by atoms with Gasteiger partial charge in [-0.05, 0) is 37.6 Å². The second kappa shape index (κ2) is 5.09. The Hall–Kier alpha value is -2.56. The second-order valence-electron chi connectivity index (χ2n) is 5.42. The van der Waals surface area contributed by atoms with Crippen molar-refractivity contribution >= 4 is 16.6 Å². The van der Waals surface area contributed by atoms with Crippen molar-refractivity contribution in [2.45, 2.75) is 26.4 Å². The van der Waals surface area contributed by atoms with Crippen LogP contribution in [0, 0.1) is 0 Å². The van der Waals surface area contributed by atoms with Gasteiger partial charge in [-0.3, -0.25) is 14.1 Å². The predicted octanol–water partition coefficient (Wildman–Crippen LogP) is 2.41. The van der Waals surface area contributed by atoms with Crippen molar-refractivity contribution < 1.29 is 0 Å². The van der Waals surface area contributed by atoms with Gasteiger partial charge in [0.2, 0.25) is 0 Å². The van der Waals surface area contributed by atoms with Crippen LogP contribution in [0.3, 0.4) is 0 Å². The summed E-state index contributed by atoms with van der Waals surface area (Å²) >= 11 is 0. The molecular weight excluding hydrogens is 264 g/mol.